The van der Waals surface area contributed by atoms with E-state index in [1.165, 1.54) is 0 Å². The van der Waals surface area contributed by atoms with Crippen molar-refractivity contribution in [1.29, 1.82) is 0 Å². The van der Waals surface area contributed by atoms with E-state index in [4.69, 9.17) is 9.26 Å². The maximum absolute atomic E-state index is 11.1. The standard InChI is InChI=1S/C24H30N4O4/c1-15(2)31-22-13-17(7-8-20(22)26-16(3)29)18-5-4-6-19(24(18)30)21-14-23(27-32-21)28-11-9-25-10-12-28/h4-8,13-16,25-26,29-30H,9-12H2,1-3H3. The molecule has 2 heterocycles. The second-order valence-corrected chi connectivity index (χ2v) is 8.19. The van der Waals surface area contributed by atoms with Gasteiger partial charge in [0.2, 0.25) is 0 Å². The first-order valence-electron chi connectivity index (χ1n) is 10.9. The lowest BCUT2D eigenvalue weighted by atomic mass is 9.99. The van der Waals surface area contributed by atoms with Gasteiger partial charge in [-0.25, -0.2) is 0 Å². The van der Waals surface area contributed by atoms with Gasteiger partial charge in [0.1, 0.15) is 17.7 Å². The third kappa shape index (κ3) is 4.81. The van der Waals surface area contributed by atoms with Crippen molar-refractivity contribution >= 4 is 11.5 Å². The first-order valence-corrected chi connectivity index (χ1v) is 10.9. The molecule has 8 heteroatoms. The number of nitrogens with one attached hydrogen (secondary N) is 2. The van der Waals surface area contributed by atoms with Gasteiger partial charge in [-0.1, -0.05) is 23.4 Å². The van der Waals surface area contributed by atoms with Gasteiger partial charge in [-0.3, -0.25) is 0 Å². The number of nitrogens with zero attached hydrogens (tertiary/aromatic N) is 2. The Morgan fingerprint density at radius 2 is 1.84 bits per heavy atom. The molecule has 1 unspecified atom stereocenters. The monoisotopic (exact) mass is 438 g/mol. The number of piperazine rings is 1. The number of rotatable bonds is 7. The summed E-state index contributed by atoms with van der Waals surface area (Å²) in [7, 11) is 0. The van der Waals surface area contributed by atoms with Gasteiger partial charge in [0.15, 0.2) is 11.6 Å². The average Bonchev–Trinajstić information content (AvgIpc) is 3.25. The number of phenols is 1. The number of aromatic nitrogens is 1. The first-order chi connectivity index (χ1) is 15.4. The summed E-state index contributed by atoms with van der Waals surface area (Å²) in [6.07, 6.45) is -0.763. The number of benzene rings is 2. The molecule has 1 atom stereocenters. The van der Waals surface area contributed by atoms with Crippen molar-refractivity contribution in [2.45, 2.75) is 33.1 Å². The topological polar surface area (TPSA) is 103 Å². The van der Waals surface area contributed by atoms with Gasteiger partial charge in [0.25, 0.3) is 0 Å². The molecular formula is C24H30N4O4. The summed E-state index contributed by atoms with van der Waals surface area (Å²) >= 11 is 0. The van der Waals surface area contributed by atoms with Crippen molar-refractivity contribution in [2.75, 3.05) is 36.4 Å². The van der Waals surface area contributed by atoms with E-state index in [2.05, 4.69) is 20.7 Å². The lowest BCUT2D eigenvalue weighted by Crippen LogP contribution is -2.43. The maximum atomic E-state index is 11.1. The second-order valence-electron chi connectivity index (χ2n) is 8.19. The zero-order chi connectivity index (χ0) is 22.7. The maximum Gasteiger partial charge on any atom is 0.172 e. The fourth-order valence-corrected chi connectivity index (χ4v) is 3.80. The highest BCUT2D eigenvalue weighted by Gasteiger charge is 2.19. The van der Waals surface area contributed by atoms with E-state index in [9.17, 15) is 10.2 Å². The van der Waals surface area contributed by atoms with Crippen molar-refractivity contribution in [2.24, 2.45) is 0 Å². The summed E-state index contributed by atoms with van der Waals surface area (Å²) in [6, 6.07) is 13.0. The van der Waals surface area contributed by atoms with Crippen LogP contribution in [0.3, 0.4) is 0 Å². The predicted octanol–water partition coefficient (Wildman–Crippen LogP) is 3.66. The zero-order valence-corrected chi connectivity index (χ0v) is 18.6. The molecule has 32 heavy (non-hydrogen) atoms. The lowest BCUT2D eigenvalue weighted by Gasteiger charge is -2.26. The summed E-state index contributed by atoms with van der Waals surface area (Å²) in [6.45, 7) is 9.07. The van der Waals surface area contributed by atoms with Gasteiger partial charge in [0.05, 0.1) is 17.4 Å². The molecule has 0 radical (unpaired) electrons. The molecule has 0 aliphatic carbocycles. The second kappa shape index (κ2) is 9.50. The zero-order valence-electron chi connectivity index (χ0n) is 18.6. The molecule has 4 rings (SSSR count). The summed E-state index contributed by atoms with van der Waals surface area (Å²) in [5, 5.41) is 31.3. The molecule has 1 aliphatic heterocycles. The smallest absolute Gasteiger partial charge is 0.172 e. The summed E-state index contributed by atoms with van der Waals surface area (Å²) < 4.78 is 11.5. The molecule has 1 fully saturated rings. The van der Waals surface area contributed by atoms with E-state index in [0.29, 0.717) is 28.3 Å². The number of hydrogen-bond donors (Lipinski definition) is 4. The Labute approximate surface area is 187 Å². The quantitative estimate of drug-likeness (QED) is 0.415. The average molecular weight is 439 g/mol. The van der Waals surface area contributed by atoms with Crippen LogP contribution in [-0.4, -0.2) is 53.9 Å². The minimum atomic E-state index is -0.719. The van der Waals surface area contributed by atoms with E-state index in [0.717, 1.165) is 37.6 Å². The van der Waals surface area contributed by atoms with Gasteiger partial charge in [-0.15, -0.1) is 0 Å². The van der Waals surface area contributed by atoms with Gasteiger partial charge >= 0.3 is 0 Å². The number of phenolic OH excluding ortho intramolecular Hbond substituents is 1. The third-order valence-corrected chi connectivity index (χ3v) is 5.26. The fourth-order valence-electron chi connectivity index (χ4n) is 3.80. The molecule has 0 spiro atoms. The number of aliphatic hydroxyl groups excluding tert-OH is 1. The number of ether oxygens (including phenoxy) is 1. The Bertz CT molecular complexity index is 1060. The Balaban J connectivity index is 1.67. The van der Waals surface area contributed by atoms with E-state index in [1.54, 1.807) is 6.92 Å². The normalized spacial score (nSPS) is 15.1. The van der Waals surface area contributed by atoms with Crippen molar-refractivity contribution in [3.63, 3.8) is 0 Å². The van der Waals surface area contributed by atoms with E-state index in [-0.39, 0.29) is 11.9 Å². The number of anilines is 2. The lowest BCUT2D eigenvalue weighted by molar-refractivity contribution is 0.219. The largest absolute Gasteiger partial charge is 0.507 e. The Morgan fingerprint density at radius 1 is 1.09 bits per heavy atom. The van der Waals surface area contributed by atoms with Gasteiger partial charge < -0.3 is 35.0 Å². The Morgan fingerprint density at radius 3 is 2.56 bits per heavy atom. The summed E-state index contributed by atoms with van der Waals surface area (Å²) in [5.41, 5.74) is 2.70. The number of para-hydroxylation sites is 1. The summed E-state index contributed by atoms with van der Waals surface area (Å²) in [5.74, 6) is 2.00. The minimum absolute atomic E-state index is 0.0441. The van der Waals surface area contributed by atoms with Crippen LogP contribution in [0.2, 0.25) is 0 Å². The molecule has 0 saturated carbocycles. The van der Waals surface area contributed by atoms with E-state index in [1.807, 2.05) is 56.3 Å². The van der Waals surface area contributed by atoms with E-state index < -0.39 is 6.23 Å². The van der Waals surface area contributed by atoms with Crippen molar-refractivity contribution in [3.05, 3.63) is 42.5 Å². The van der Waals surface area contributed by atoms with Gasteiger partial charge in [-0.2, -0.15) is 0 Å². The summed E-state index contributed by atoms with van der Waals surface area (Å²) in [4.78, 5) is 2.16. The molecule has 8 nitrogen and oxygen atoms in total. The molecule has 4 N–H and O–H groups in total. The molecule has 0 amide bonds. The van der Waals surface area contributed by atoms with Crippen LogP contribution in [0.15, 0.2) is 47.0 Å². The molecule has 1 aromatic heterocycles. The molecule has 1 aliphatic rings. The van der Waals surface area contributed by atoms with Crippen molar-refractivity contribution in [3.8, 4) is 33.9 Å². The van der Waals surface area contributed by atoms with Crippen LogP contribution in [0.1, 0.15) is 20.8 Å². The molecule has 1 saturated heterocycles. The highest BCUT2D eigenvalue weighted by Crippen LogP contribution is 2.41. The highest BCUT2D eigenvalue weighted by molar-refractivity contribution is 5.82. The van der Waals surface area contributed by atoms with Crippen LogP contribution in [0, 0.1) is 0 Å². The van der Waals surface area contributed by atoms with Crippen LogP contribution in [-0.2, 0) is 0 Å². The number of aliphatic hydroxyl groups is 1. The van der Waals surface area contributed by atoms with Gasteiger partial charge in [0, 0.05) is 37.8 Å². The first kappa shape index (κ1) is 22.0. The molecule has 2 aromatic carbocycles. The van der Waals surface area contributed by atoms with Crippen LogP contribution in [0.25, 0.3) is 22.5 Å². The Kier molecular flexibility index (Phi) is 6.53. The highest BCUT2D eigenvalue weighted by atomic mass is 16.5. The van der Waals surface area contributed by atoms with Crippen LogP contribution >= 0.6 is 0 Å². The van der Waals surface area contributed by atoms with E-state index >= 15 is 0 Å². The van der Waals surface area contributed by atoms with Crippen LogP contribution < -0.4 is 20.3 Å². The van der Waals surface area contributed by atoms with Crippen molar-refractivity contribution in [1.82, 2.24) is 10.5 Å². The predicted molar refractivity (Wildman–Crippen MR) is 125 cm³/mol. The fraction of sp³-hybridized carbons (Fsp3) is 0.375. The van der Waals surface area contributed by atoms with Crippen LogP contribution in [0.4, 0.5) is 11.5 Å². The minimum Gasteiger partial charge on any atom is -0.507 e. The third-order valence-electron chi connectivity index (χ3n) is 5.26. The van der Waals surface area contributed by atoms with Crippen LogP contribution in [0.5, 0.6) is 11.5 Å². The van der Waals surface area contributed by atoms with Crippen molar-refractivity contribution < 1.29 is 19.5 Å². The molecule has 0 bridgehead atoms. The number of aromatic hydroxyl groups is 1. The number of hydrogen-bond acceptors (Lipinski definition) is 8. The molecular weight excluding hydrogens is 408 g/mol. The van der Waals surface area contributed by atoms with Gasteiger partial charge in [-0.05, 0) is 44.5 Å². The SMILES string of the molecule is CC(O)Nc1ccc(-c2cccc(-c3cc(N4CCNCC4)no3)c2O)cc1OC(C)C. The molecule has 3 aromatic rings. The Hall–Kier alpha value is -3.23. The molecule has 170 valence electrons.